The summed E-state index contributed by atoms with van der Waals surface area (Å²) in [4.78, 5) is 25.4. The van der Waals surface area contributed by atoms with Gasteiger partial charge in [0, 0.05) is 12.6 Å². The van der Waals surface area contributed by atoms with Crippen LogP contribution in [0.2, 0.25) is 0 Å². The highest BCUT2D eigenvalue weighted by Gasteiger charge is 2.32. The van der Waals surface area contributed by atoms with Gasteiger partial charge in [-0.05, 0) is 30.4 Å². The number of nitrogens with zero attached hydrogens (tertiary/aromatic N) is 5. The van der Waals surface area contributed by atoms with Crippen molar-refractivity contribution in [1.82, 2.24) is 24.4 Å². The number of fused-ring (bicyclic) bond motifs is 3. The maximum atomic E-state index is 13.1. The number of rotatable bonds is 3. The van der Waals surface area contributed by atoms with Gasteiger partial charge in [0.05, 0.1) is 17.3 Å². The van der Waals surface area contributed by atoms with Gasteiger partial charge in [0.1, 0.15) is 5.52 Å². The molecule has 0 radical (unpaired) electrons. The lowest BCUT2D eigenvalue weighted by Gasteiger charge is -2.13. The van der Waals surface area contributed by atoms with E-state index in [0.29, 0.717) is 24.0 Å². The normalized spacial score (nSPS) is 19.4. The molecule has 0 N–H and O–H groups in total. The number of aromatic nitrogens is 5. The summed E-state index contributed by atoms with van der Waals surface area (Å²) in [6.07, 6.45) is 3.63. The maximum absolute atomic E-state index is 13.1. The average molecular weight is 387 g/mol. The van der Waals surface area contributed by atoms with Crippen LogP contribution in [0.4, 0.5) is 0 Å². The molecule has 5 rings (SSSR count). The van der Waals surface area contributed by atoms with Gasteiger partial charge in [-0.1, -0.05) is 44.2 Å². The molecule has 0 spiro atoms. The zero-order valence-electron chi connectivity index (χ0n) is 16.4. The van der Waals surface area contributed by atoms with Gasteiger partial charge in [-0.3, -0.25) is 9.59 Å². The van der Waals surface area contributed by atoms with Crippen molar-refractivity contribution in [2.45, 2.75) is 39.2 Å². The van der Waals surface area contributed by atoms with Gasteiger partial charge in [0.25, 0.3) is 5.56 Å². The van der Waals surface area contributed by atoms with Crippen molar-refractivity contribution in [2.75, 3.05) is 0 Å². The molecule has 146 valence electrons. The highest BCUT2D eigenvalue weighted by molar-refractivity contribution is 5.86. The van der Waals surface area contributed by atoms with Crippen molar-refractivity contribution < 1.29 is 4.79 Å². The smallest absolute Gasteiger partial charge is 0.281 e. The van der Waals surface area contributed by atoms with E-state index in [2.05, 4.69) is 10.2 Å². The minimum absolute atomic E-state index is 0.103. The fourth-order valence-corrected chi connectivity index (χ4v) is 4.34. The molecule has 1 aliphatic carbocycles. The minimum Gasteiger partial charge on any atom is -0.303 e. The number of hydrogen-bond donors (Lipinski definition) is 0. The van der Waals surface area contributed by atoms with Gasteiger partial charge in [0.15, 0.2) is 16.9 Å². The highest BCUT2D eigenvalue weighted by atomic mass is 16.1. The summed E-state index contributed by atoms with van der Waals surface area (Å²) in [6.45, 7) is 4.08. The summed E-state index contributed by atoms with van der Waals surface area (Å²) < 4.78 is 3.21. The van der Waals surface area contributed by atoms with Crippen LogP contribution in [0.3, 0.4) is 0 Å². The van der Waals surface area contributed by atoms with Crippen LogP contribution in [0.25, 0.3) is 27.8 Å². The topological polar surface area (TPSA) is 82.2 Å². The standard InChI is InChI=1S/C22H21N5O2/c1-3-15-19(14-7-5-4-6-8-14)21-24-23-20-16(27(21)25-15)9-10-26(22(20)29)17-11-13(2)12-18(17)28/h4-10,13,17H,3,11-12H2,1-2H3. The molecule has 7 nitrogen and oxygen atoms in total. The Kier molecular flexibility index (Phi) is 4.04. The van der Waals surface area contributed by atoms with E-state index in [9.17, 15) is 9.59 Å². The predicted octanol–water partition coefficient (Wildman–Crippen LogP) is 3.21. The lowest BCUT2D eigenvalue weighted by Crippen LogP contribution is -2.27. The summed E-state index contributed by atoms with van der Waals surface area (Å²) >= 11 is 0. The van der Waals surface area contributed by atoms with Gasteiger partial charge < -0.3 is 4.57 Å². The van der Waals surface area contributed by atoms with Crippen molar-refractivity contribution in [2.24, 2.45) is 5.92 Å². The molecule has 2 unspecified atom stereocenters. The second kappa shape index (κ2) is 6.62. The zero-order valence-corrected chi connectivity index (χ0v) is 16.4. The number of ketones is 1. The number of carbonyl (C=O) groups excluding carboxylic acids is 1. The fourth-order valence-electron chi connectivity index (χ4n) is 4.34. The van der Waals surface area contributed by atoms with Gasteiger partial charge >= 0.3 is 0 Å². The Morgan fingerprint density at radius 3 is 2.59 bits per heavy atom. The van der Waals surface area contributed by atoms with Gasteiger partial charge in [-0.15, -0.1) is 10.2 Å². The Morgan fingerprint density at radius 2 is 1.90 bits per heavy atom. The fraction of sp³-hybridized carbons (Fsp3) is 0.318. The molecule has 2 atom stereocenters. The van der Waals surface area contributed by atoms with Crippen molar-refractivity contribution in [3.63, 3.8) is 0 Å². The Hall–Kier alpha value is -3.35. The number of Topliss-reactive ketones (excluding diaryl/α,β-unsaturated/α-hetero) is 1. The molecule has 3 heterocycles. The molecule has 29 heavy (non-hydrogen) atoms. The number of pyridine rings is 1. The maximum Gasteiger partial charge on any atom is 0.281 e. The molecule has 0 aliphatic heterocycles. The van der Waals surface area contributed by atoms with Gasteiger partial charge in [-0.25, -0.2) is 4.52 Å². The molecule has 1 saturated carbocycles. The van der Waals surface area contributed by atoms with E-state index in [1.54, 1.807) is 10.7 Å². The van der Waals surface area contributed by atoms with Crippen molar-refractivity contribution in [1.29, 1.82) is 0 Å². The monoisotopic (exact) mass is 387 g/mol. The molecule has 0 saturated heterocycles. The van der Waals surface area contributed by atoms with Crippen molar-refractivity contribution in [3.05, 3.63) is 58.6 Å². The first-order valence-electron chi connectivity index (χ1n) is 9.95. The second-order valence-electron chi connectivity index (χ2n) is 7.77. The van der Waals surface area contributed by atoms with Gasteiger partial charge in [0.2, 0.25) is 0 Å². The number of benzene rings is 1. The summed E-state index contributed by atoms with van der Waals surface area (Å²) in [7, 11) is 0. The Labute approximate surface area is 167 Å². The van der Waals surface area contributed by atoms with Crippen LogP contribution in [0, 0.1) is 5.92 Å². The molecule has 1 fully saturated rings. The van der Waals surface area contributed by atoms with Crippen molar-refractivity contribution in [3.8, 4) is 11.1 Å². The van der Waals surface area contributed by atoms with Crippen LogP contribution in [0.5, 0.6) is 0 Å². The van der Waals surface area contributed by atoms with Crippen LogP contribution in [0.1, 0.15) is 38.4 Å². The van der Waals surface area contributed by atoms with Crippen LogP contribution in [0.15, 0.2) is 47.4 Å². The Balaban J connectivity index is 1.74. The zero-order chi connectivity index (χ0) is 20.1. The first-order valence-corrected chi connectivity index (χ1v) is 9.95. The summed E-state index contributed by atoms with van der Waals surface area (Å²) in [5, 5.41) is 13.4. The first kappa shape index (κ1) is 17.7. The van der Waals surface area contributed by atoms with Crippen LogP contribution in [-0.2, 0) is 11.2 Å². The molecule has 3 aromatic heterocycles. The van der Waals surface area contributed by atoms with Gasteiger partial charge in [-0.2, -0.15) is 5.10 Å². The third kappa shape index (κ3) is 2.68. The summed E-state index contributed by atoms with van der Waals surface area (Å²) in [6, 6.07) is 11.4. The molecular formula is C22H21N5O2. The van der Waals surface area contributed by atoms with Crippen LogP contribution in [-0.4, -0.2) is 30.2 Å². The molecule has 0 amide bonds. The average Bonchev–Trinajstić information content (AvgIpc) is 3.28. The molecule has 0 bridgehead atoms. The molecular weight excluding hydrogens is 366 g/mol. The largest absolute Gasteiger partial charge is 0.303 e. The van der Waals surface area contributed by atoms with Crippen molar-refractivity contribution >= 4 is 22.5 Å². The molecule has 1 aliphatic rings. The summed E-state index contributed by atoms with van der Waals surface area (Å²) in [5.41, 5.74) is 4.03. The quantitative estimate of drug-likeness (QED) is 0.539. The lowest BCUT2D eigenvalue weighted by atomic mass is 10.0. The lowest BCUT2D eigenvalue weighted by molar-refractivity contribution is -0.120. The second-order valence-corrected chi connectivity index (χ2v) is 7.77. The van der Waals surface area contributed by atoms with Crippen LogP contribution < -0.4 is 5.56 Å². The van der Waals surface area contributed by atoms with E-state index in [1.807, 2.05) is 50.2 Å². The van der Waals surface area contributed by atoms with E-state index in [1.165, 1.54) is 4.57 Å². The summed E-state index contributed by atoms with van der Waals surface area (Å²) in [5.74, 6) is 0.391. The Bertz CT molecular complexity index is 1310. The molecule has 1 aromatic carbocycles. The third-order valence-corrected chi connectivity index (χ3v) is 5.76. The van der Waals surface area contributed by atoms with E-state index in [-0.39, 0.29) is 22.8 Å². The van der Waals surface area contributed by atoms with Crippen LogP contribution >= 0.6 is 0 Å². The highest BCUT2D eigenvalue weighted by Crippen LogP contribution is 2.31. The number of hydrogen-bond acceptors (Lipinski definition) is 5. The number of aryl methyl sites for hydroxylation is 1. The SMILES string of the molecule is CCc1nn2c(nnc3c(=O)n(C4CC(C)CC4=O)ccc32)c1-c1ccccc1. The predicted molar refractivity (Wildman–Crippen MR) is 110 cm³/mol. The number of carbonyl (C=O) groups is 1. The molecule has 7 heteroatoms. The minimum atomic E-state index is -0.414. The van der Waals surface area contributed by atoms with E-state index < -0.39 is 6.04 Å². The van der Waals surface area contributed by atoms with E-state index in [4.69, 9.17) is 5.10 Å². The molecule has 4 aromatic rings. The Morgan fingerprint density at radius 1 is 1.10 bits per heavy atom. The first-order chi connectivity index (χ1) is 14.1. The van der Waals surface area contributed by atoms with E-state index in [0.717, 1.165) is 23.2 Å². The van der Waals surface area contributed by atoms with E-state index >= 15 is 0 Å². The third-order valence-electron chi connectivity index (χ3n) is 5.76.